The number of ketones is 1. The molecule has 4 rings (SSSR count). The molecule has 6 atom stereocenters. The van der Waals surface area contributed by atoms with Crippen LogP contribution in [-0.2, 0) is 9.53 Å². The number of ether oxygens (including phenoxy) is 1. The summed E-state index contributed by atoms with van der Waals surface area (Å²) in [6, 6.07) is 0. The summed E-state index contributed by atoms with van der Waals surface area (Å²) in [7, 11) is 0. The third-order valence-corrected chi connectivity index (χ3v) is 6.46. The first-order valence-electron chi connectivity index (χ1n) is 6.76. The van der Waals surface area contributed by atoms with Crippen molar-refractivity contribution in [3.8, 4) is 0 Å². The van der Waals surface area contributed by atoms with Crippen LogP contribution in [-0.4, -0.2) is 46.0 Å². The summed E-state index contributed by atoms with van der Waals surface area (Å²) >= 11 is 0. The normalized spacial score (nSPS) is 58.3. The highest BCUT2D eigenvalue weighted by molar-refractivity contribution is 6.05. The van der Waals surface area contributed by atoms with E-state index in [9.17, 15) is 20.1 Å². The van der Waals surface area contributed by atoms with Gasteiger partial charge in [0.2, 0.25) is 5.78 Å². The second kappa shape index (κ2) is 2.90. The Balaban J connectivity index is 1.94. The second-order valence-corrected chi connectivity index (χ2v) is 6.75. The van der Waals surface area contributed by atoms with Gasteiger partial charge in [-0.2, -0.15) is 0 Å². The number of aliphatic hydroxyl groups excluding tert-OH is 3. The van der Waals surface area contributed by atoms with E-state index in [2.05, 4.69) is 0 Å². The van der Waals surface area contributed by atoms with Crippen LogP contribution < -0.4 is 0 Å². The first kappa shape index (κ1) is 11.9. The molecule has 3 fully saturated rings. The standard InChI is InChI=1S/C14H18O5/c1-6-3-8-14(10(18)9(6)17)12(2)4-7(16)11(19-8)13(12,14)5-15/h7-8,11,15-17H,3-5H2,1-2H3. The van der Waals surface area contributed by atoms with Gasteiger partial charge in [-0.15, -0.1) is 0 Å². The predicted octanol–water partition coefficient (Wildman–Crippen LogP) is 0.308. The maximum atomic E-state index is 12.7. The monoisotopic (exact) mass is 266 g/mol. The molecule has 1 spiro atoms. The maximum Gasteiger partial charge on any atom is 0.207 e. The minimum Gasteiger partial charge on any atom is -0.504 e. The lowest BCUT2D eigenvalue weighted by Gasteiger charge is -2.30. The zero-order chi connectivity index (χ0) is 13.8. The molecule has 1 heterocycles. The topological polar surface area (TPSA) is 87.0 Å². The van der Waals surface area contributed by atoms with Crippen molar-refractivity contribution in [2.75, 3.05) is 6.61 Å². The van der Waals surface area contributed by atoms with E-state index in [1.54, 1.807) is 6.92 Å². The number of rotatable bonds is 1. The molecule has 0 amide bonds. The lowest BCUT2D eigenvalue weighted by atomic mass is 9.73. The van der Waals surface area contributed by atoms with Gasteiger partial charge in [-0.3, -0.25) is 4.79 Å². The fourth-order valence-corrected chi connectivity index (χ4v) is 5.74. The molecule has 19 heavy (non-hydrogen) atoms. The molecule has 0 aromatic carbocycles. The lowest BCUT2D eigenvalue weighted by molar-refractivity contribution is -0.130. The number of carbonyl (C=O) groups excluding carboxylic acids is 1. The van der Waals surface area contributed by atoms with Gasteiger partial charge in [-0.25, -0.2) is 0 Å². The molecular formula is C14H18O5. The van der Waals surface area contributed by atoms with Crippen molar-refractivity contribution in [1.29, 1.82) is 0 Å². The largest absolute Gasteiger partial charge is 0.504 e. The highest BCUT2D eigenvalue weighted by atomic mass is 16.5. The van der Waals surface area contributed by atoms with Crippen LogP contribution in [0, 0.1) is 16.2 Å². The number of Topliss-reactive ketones (excluding diaryl/α,β-unsaturated/α-hetero) is 1. The number of carbonyl (C=O) groups is 1. The Morgan fingerprint density at radius 2 is 2.16 bits per heavy atom. The van der Waals surface area contributed by atoms with Crippen molar-refractivity contribution >= 4 is 5.78 Å². The van der Waals surface area contributed by atoms with Crippen LogP contribution in [0.3, 0.4) is 0 Å². The molecule has 104 valence electrons. The Bertz CT molecular complexity index is 540. The first-order chi connectivity index (χ1) is 8.88. The summed E-state index contributed by atoms with van der Waals surface area (Å²) in [6.07, 6.45) is -0.501. The van der Waals surface area contributed by atoms with E-state index in [-0.39, 0.29) is 24.3 Å². The van der Waals surface area contributed by atoms with Crippen molar-refractivity contribution in [1.82, 2.24) is 0 Å². The van der Waals surface area contributed by atoms with Crippen molar-refractivity contribution in [2.45, 2.75) is 45.0 Å². The van der Waals surface area contributed by atoms with Crippen molar-refractivity contribution in [2.24, 2.45) is 16.2 Å². The number of allylic oxidation sites excluding steroid dienone is 1. The quantitative estimate of drug-likeness (QED) is 0.636. The van der Waals surface area contributed by atoms with E-state index in [4.69, 9.17) is 4.74 Å². The molecule has 0 aromatic rings. The van der Waals surface area contributed by atoms with Crippen LogP contribution in [0.25, 0.3) is 0 Å². The van der Waals surface area contributed by atoms with Crippen LogP contribution in [0.15, 0.2) is 11.3 Å². The van der Waals surface area contributed by atoms with E-state index in [1.165, 1.54) is 0 Å². The highest BCUT2D eigenvalue weighted by Gasteiger charge is 2.99. The minimum atomic E-state index is -0.831. The molecule has 6 unspecified atom stereocenters. The predicted molar refractivity (Wildman–Crippen MR) is 64.3 cm³/mol. The molecular weight excluding hydrogens is 248 g/mol. The smallest absolute Gasteiger partial charge is 0.207 e. The van der Waals surface area contributed by atoms with Crippen LogP contribution in [0.4, 0.5) is 0 Å². The number of hydrogen-bond acceptors (Lipinski definition) is 5. The van der Waals surface area contributed by atoms with E-state index < -0.39 is 28.5 Å². The molecule has 3 aliphatic carbocycles. The van der Waals surface area contributed by atoms with Gasteiger partial charge < -0.3 is 20.1 Å². The summed E-state index contributed by atoms with van der Waals surface area (Å²) in [5.41, 5.74) is -1.37. The third-order valence-electron chi connectivity index (χ3n) is 6.46. The first-order valence-corrected chi connectivity index (χ1v) is 6.76. The number of aliphatic hydroxyl groups is 3. The van der Waals surface area contributed by atoms with Gasteiger partial charge in [0.1, 0.15) is 0 Å². The van der Waals surface area contributed by atoms with Crippen LogP contribution in [0.5, 0.6) is 0 Å². The third kappa shape index (κ3) is 0.792. The maximum absolute atomic E-state index is 12.7. The Labute approximate surface area is 110 Å². The number of hydrogen-bond donors (Lipinski definition) is 3. The Morgan fingerprint density at radius 3 is 2.74 bits per heavy atom. The molecule has 5 nitrogen and oxygen atoms in total. The average Bonchev–Trinajstić information content (AvgIpc) is 2.59. The van der Waals surface area contributed by atoms with Crippen molar-refractivity contribution < 1.29 is 24.9 Å². The van der Waals surface area contributed by atoms with Gasteiger partial charge in [0.25, 0.3) is 0 Å². The van der Waals surface area contributed by atoms with E-state index >= 15 is 0 Å². The summed E-state index contributed by atoms with van der Waals surface area (Å²) in [5, 5.41) is 30.0. The molecule has 1 aliphatic heterocycles. The van der Waals surface area contributed by atoms with Gasteiger partial charge in [-0.05, 0) is 30.8 Å². The fourth-order valence-electron chi connectivity index (χ4n) is 5.74. The lowest BCUT2D eigenvalue weighted by Crippen LogP contribution is -2.40. The van der Waals surface area contributed by atoms with Crippen molar-refractivity contribution in [3.63, 3.8) is 0 Å². The minimum absolute atomic E-state index is 0.168. The van der Waals surface area contributed by atoms with E-state index in [1.807, 2.05) is 6.92 Å². The van der Waals surface area contributed by atoms with Gasteiger partial charge in [0, 0.05) is 5.41 Å². The Kier molecular flexibility index (Phi) is 1.81. The van der Waals surface area contributed by atoms with Gasteiger partial charge in [0.15, 0.2) is 5.76 Å². The summed E-state index contributed by atoms with van der Waals surface area (Å²) in [4.78, 5) is 12.7. The van der Waals surface area contributed by atoms with E-state index in [0.29, 0.717) is 18.4 Å². The second-order valence-electron chi connectivity index (χ2n) is 6.75. The molecule has 1 saturated heterocycles. The molecule has 3 N–H and O–H groups in total. The highest BCUT2D eigenvalue weighted by Crippen LogP contribution is 2.91. The van der Waals surface area contributed by atoms with Crippen LogP contribution in [0.1, 0.15) is 26.7 Å². The zero-order valence-electron chi connectivity index (χ0n) is 11.0. The molecule has 0 radical (unpaired) electrons. The van der Waals surface area contributed by atoms with Gasteiger partial charge in [0.05, 0.1) is 30.3 Å². The summed E-state index contributed by atoms with van der Waals surface area (Å²) in [6.45, 7) is 3.49. The molecule has 5 heteroatoms. The SMILES string of the molecule is CC1=C(O)C(=O)C23C(C1)OC1C(O)CC2(C)C13CO. The summed E-state index contributed by atoms with van der Waals surface area (Å²) in [5.74, 6) is -0.467. The Hall–Kier alpha value is -0.910. The molecule has 0 aromatic heterocycles. The average molecular weight is 266 g/mol. The molecule has 4 aliphatic rings. The molecule has 0 bridgehead atoms. The Morgan fingerprint density at radius 1 is 1.47 bits per heavy atom. The van der Waals surface area contributed by atoms with E-state index in [0.717, 1.165) is 0 Å². The van der Waals surface area contributed by atoms with Crippen LogP contribution >= 0.6 is 0 Å². The van der Waals surface area contributed by atoms with Crippen LogP contribution in [0.2, 0.25) is 0 Å². The zero-order valence-corrected chi connectivity index (χ0v) is 11.0. The fraction of sp³-hybridized carbons (Fsp3) is 0.786. The van der Waals surface area contributed by atoms with Gasteiger partial charge >= 0.3 is 0 Å². The van der Waals surface area contributed by atoms with Crippen molar-refractivity contribution in [3.05, 3.63) is 11.3 Å². The molecule has 2 saturated carbocycles. The summed E-state index contributed by atoms with van der Waals surface area (Å²) < 4.78 is 5.89. The van der Waals surface area contributed by atoms with Gasteiger partial charge in [-0.1, -0.05) is 6.92 Å².